The lowest BCUT2D eigenvalue weighted by Crippen LogP contribution is -2.51. The zero-order valence-electron chi connectivity index (χ0n) is 12.6. The first-order valence-electron chi connectivity index (χ1n) is 7.16. The summed E-state index contributed by atoms with van der Waals surface area (Å²) in [6.45, 7) is 5.18. The monoisotopic (exact) mass is 325 g/mol. The molecule has 1 aliphatic rings. The average Bonchev–Trinajstić information content (AvgIpc) is 2.97. The highest BCUT2D eigenvalue weighted by Gasteiger charge is 2.37. The molecule has 0 N–H and O–H groups in total. The molecule has 2 aromatic rings. The van der Waals surface area contributed by atoms with E-state index in [1.54, 1.807) is 17.1 Å². The Morgan fingerprint density at radius 3 is 2.59 bits per heavy atom. The zero-order valence-corrected chi connectivity index (χ0v) is 13.4. The number of aromatic nitrogens is 6. The number of sulfonamides is 1. The first-order valence-corrected chi connectivity index (χ1v) is 8.77. The van der Waals surface area contributed by atoms with Crippen LogP contribution in [0.2, 0.25) is 0 Å². The molecule has 1 saturated heterocycles. The highest BCUT2D eigenvalue weighted by atomic mass is 32.2. The second kappa shape index (κ2) is 5.76. The summed E-state index contributed by atoms with van der Waals surface area (Å²) in [4.78, 5) is 1.52. The second-order valence-corrected chi connectivity index (χ2v) is 7.91. The maximum Gasteiger partial charge on any atom is 0.214 e. The van der Waals surface area contributed by atoms with Crippen molar-refractivity contribution in [2.24, 2.45) is 5.92 Å². The van der Waals surface area contributed by atoms with Gasteiger partial charge in [0.25, 0.3) is 0 Å². The van der Waals surface area contributed by atoms with Crippen LogP contribution in [0, 0.1) is 5.92 Å². The summed E-state index contributed by atoms with van der Waals surface area (Å²) >= 11 is 0. The largest absolute Gasteiger partial charge is 0.246 e. The summed E-state index contributed by atoms with van der Waals surface area (Å²) in [6, 6.07) is 0.0498. The van der Waals surface area contributed by atoms with Crippen molar-refractivity contribution in [3.05, 3.63) is 24.3 Å². The molecule has 0 radical (unpaired) electrons. The molecule has 10 heteroatoms. The highest BCUT2D eigenvalue weighted by Crippen LogP contribution is 2.24. The molecule has 1 fully saturated rings. The Labute approximate surface area is 129 Å². The molecule has 0 aromatic carbocycles. The second-order valence-electron chi connectivity index (χ2n) is 5.89. The Morgan fingerprint density at radius 2 is 1.95 bits per heavy atom. The van der Waals surface area contributed by atoms with E-state index in [-0.39, 0.29) is 17.7 Å². The summed E-state index contributed by atoms with van der Waals surface area (Å²) in [5.74, 6) is 0.316. The van der Waals surface area contributed by atoms with E-state index in [0.29, 0.717) is 19.6 Å². The van der Waals surface area contributed by atoms with Crippen molar-refractivity contribution in [2.45, 2.75) is 26.4 Å². The van der Waals surface area contributed by atoms with E-state index in [1.165, 1.54) is 9.10 Å². The quantitative estimate of drug-likeness (QED) is 0.727. The van der Waals surface area contributed by atoms with Gasteiger partial charge in [0.15, 0.2) is 0 Å². The molecule has 1 aliphatic heterocycles. The Balaban J connectivity index is 1.58. The minimum Gasteiger partial charge on any atom is -0.246 e. The SMILES string of the molecule is CC(C)CS(=O)(=O)N1CC(n2cc(Cn3nccn3)nn2)C1. The van der Waals surface area contributed by atoms with Crippen LogP contribution >= 0.6 is 0 Å². The van der Waals surface area contributed by atoms with Crippen molar-refractivity contribution in [1.29, 1.82) is 0 Å². The minimum atomic E-state index is -3.15. The van der Waals surface area contributed by atoms with Crippen LogP contribution in [0.1, 0.15) is 25.6 Å². The van der Waals surface area contributed by atoms with E-state index in [9.17, 15) is 8.42 Å². The first-order chi connectivity index (χ1) is 10.4. The fourth-order valence-electron chi connectivity index (χ4n) is 2.37. The van der Waals surface area contributed by atoms with Gasteiger partial charge in [-0.15, -0.1) is 5.10 Å². The molecule has 0 aliphatic carbocycles. The molecule has 22 heavy (non-hydrogen) atoms. The molecule has 0 atom stereocenters. The van der Waals surface area contributed by atoms with Crippen molar-refractivity contribution in [3.8, 4) is 0 Å². The van der Waals surface area contributed by atoms with Crippen molar-refractivity contribution >= 4 is 10.0 Å². The normalized spacial score (nSPS) is 17.0. The highest BCUT2D eigenvalue weighted by molar-refractivity contribution is 7.89. The van der Waals surface area contributed by atoms with Crippen molar-refractivity contribution in [2.75, 3.05) is 18.8 Å². The van der Waals surface area contributed by atoms with Crippen LogP contribution in [0.5, 0.6) is 0 Å². The average molecular weight is 325 g/mol. The molecule has 0 amide bonds. The summed E-state index contributed by atoms with van der Waals surface area (Å²) < 4.78 is 27.4. The Kier molecular flexibility index (Phi) is 3.96. The summed E-state index contributed by atoms with van der Waals surface area (Å²) in [7, 11) is -3.15. The van der Waals surface area contributed by atoms with E-state index in [0.717, 1.165) is 5.69 Å². The van der Waals surface area contributed by atoms with Gasteiger partial charge in [0, 0.05) is 13.1 Å². The lowest BCUT2D eigenvalue weighted by atomic mass is 10.2. The van der Waals surface area contributed by atoms with E-state index in [4.69, 9.17) is 0 Å². The first kappa shape index (κ1) is 15.1. The smallest absolute Gasteiger partial charge is 0.214 e. The molecular formula is C12H19N7O2S. The van der Waals surface area contributed by atoms with Crippen LogP contribution in [0.4, 0.5) is 0 Å². The third-order valence-electron chi connectivity index (χ3n) is 3.47. The topological polar surface area (TPSA) is 98.8 Å². The fraction of sp³-hybridized carbons (Fsp3) is 0.667. The van der Waals surface area contributed by atoms with E-state index in [1.807, 2.05) is 20.0 Å². The number of nitrogens with zero attached hydrogens (tertiary/aromatic N) is 7. The summed E-state index contributed by atoms with van der Waals surface area (Å²) in [6.07, 6.45) is 5.03. The van der Waals surface area contributed by atoms with Crippen LogP contribution in [0.15, 0.2) is 18.6 Å². The van der Waals surface area contributed by atoms with Crippen molar-refractivity contribution in [1.82, 2.24) is 34.3 Å². The number of hydrogen-bond donors (Lipinski definition) is 0. The van der Waals surface area contributed by atoms with Gasteiger partial charge in [-0.25, -0.2) is 13.1 Å². The van der Waals surface area contributed by atoms with Gasteiger partial charge in [-0.3, -0.25) is 0 Å². The molecule has 0 unspecified atom stereocenters. The standard InChI is InChI=1S/C12H19N7O2S/c1-10(2)9-22(20,21)17-7-12(8-17)18-5-11(15-16-18)6-19-13-3-4-14-19/h3-5,10,12H,6-9H2,1-2H3. The van der Waals surface area contributed by atoms with Crippen LogP contribution in [-0.2, 0) is 16.6 Å². The third-order valence-corrected chi connectivity index (χ3v) is 5.64. The van der Waals surface area contributed by atoms with Gasteiger partial charge < -0.3 is 0 Å². The van der Waals surface area contributed by atoms with Gasteiger partial charge in [0.1, 0.15) is 12.2 Å². The van der Waals surface area contributed by atoms with Gasteiger partial charge in [0.05, 0.1) is 30.4 Å². The minimum absolute atomic E-state index is 0.0498. The molecular weight excluding hydrogens is 306 g/mol. The maximum atomic E-state index is 12.1. The van der Waals surface area contributed by atoms with E-state index >= 15 is 0 Å². The van der Waals surface area contributed by atoms with Crippen molar-refractivity contribution in [3.63, 3.8) is 0 Å². The fourth-order valence-corrected chi connectivity index (χ4v) is 4.22. The molecule has 0 bridgehead atoms. The van der Waals surface area contributed by atoms with Crippen LogP contribution in [0.25, 0.3) is 0 Å². The molecule has 120 valence electrons. The number of rotatable bonds is 6. The molecule has 0 saturated carbocycles. The predicted molar refractivity (Wildman–Crippen MR) is 78.4 cm³/mol. The lowest BCUT2D eigenvalue weighted by molar-refractivity contribution is 0.188. The van der Waals surface area contributed by atoms with Crippen LogP contribution in [-0.4, -0.2) is 61.6 Å². The third kappa shape index (κ3) is 3.17. The summed E-state index contributed by atoms with van der Waals surface area (Å²) in [5.41, 5.74) is 0.750. The molecule has 2 aromatic heterocycles. The zero-order chi connectivity index (χ0) is 15.7. The van der Waals surface area contributed by atoms with Gasteiger partial charge in [0.2, 0.25) is 10.0 Å². The molecule has 3 rings (SSSR count). The van der Waals surface area contributed by atoms with Crippen LogP contribution < -0.4 is 0 Å². The van der Waals surface area contributed by atoms with Gasteiger partial charge in [-0.1, -0.05) is 19.1 Å². The van der Waals surface area contributed by atoms with Gasteiger partial charge in [-0.05, 0) is 5.92 Å². The van der Waals surface area contributed by atoms with E-state index < -0.39 is 10.0 Å². The maximum absolute atomic E-state index is 12.1. The Hall–Kier alpha value is -1.81. The van der Waals surface area contributed by atoms with E-state index in [2.05, 4.69) is 20.5 Å². The Morgan fingerprint density at radius 1 is 1.27 bits per heavy atom. The summed E-state index contributed by atoms with van der Waals surface area (Å²) in [5, 5.41) is 16.2. The van der Waals surface area contributed by atoms with Crippen molar-refractivity contribution < 1.29 is 8.42 Å². The van der Waals surface area contributed by atoms with Gasteiger partial charge in [-0.2, -0.15) is 19.3 Å². The molecule has 9 nitrogen and oxygen atoms in total. The molecule has 0 spiro atoms. The van der Waals surface area contributed by atoms with Gasteiger partial charge >= 0.3 is 0 Å². The predicted octanol–water partition coefficient (Wildman–Crippen LogP) is -0.240. The molecule has 3 heterocycles. The lowest BCUT2D eigenvalue weighted by Gasteiger charge is -2.38. The Bertz CT molecular complexity index is 717. The van der Waals surface area contributed by atoms with Crippen LogP contribution in [0.3, 0.4) is 0 Å². The number of hydrogen-bond acceptors (Lipinski definition) is 6.